The van der Waals surface area contributed by atoms with Gasteiger partial charge in [0.2, 0.25) is 5.91 Å². The predicted octanol–water partition coefficient (Wildman–Crippen LogP) is 10.3. The molecule has 0 bridgehead atoms. The summed E-state index contributed by atoms with van der Waals surface area (Å²) in [6.45, 7) is 15.0. The summed E-state index contributed by atoms with van der Waals surface area (Å²) in [7, 11) is 0. The molecule has 2 saturated heterocycles. The maximum Gasteiger partial charge on any atom is 0.225 e. The number of hydrogen-bond acceptors (Lipinski definition) is 2. The van der Waals surface area contributed by atoms with Gasteiger partial charge < -0.3 is 9.80 Å². The molecule has 0 aliphatic carbocycles. The molecule has 0 aromatic carbocycles. The fraction of sp³-hybridized carbons (Fsp3) is 0.972. The molecule has 0 aromatic rings. The van der Waals surface area contributed by atoms with E-state index in [0.717, 1.165) is 43.7 Å². The van der Waals surface area contributed by atoms with E-state index in [0.29, 0.717) is 11.8 Å². The standard InChI is InChI=1S/C36H70N2O/c1-5-9-13-16-19-23-32(22-18-14-10-6-2)24-21-27-37-28-34-30-38(31-35(34)29-37)36(39)33(25-17-12-8-4)26-20-15-11-7-3/h32-35H,5-31H2,1-4H3. The van der Waals surface area contributed by atoms with Crippen molar-refractivity contribution >= 4 is 5.91 Å². The average molecular weight is 547 g/mol. The number of fused-ring (bicyclic) bond motifs is 1. The van der Waals surface area contributed by atoms with E-state index in [-0.39, 0.29) is 0 Å². The molecule has 2 aliphatic heterocycles. The Labute approximate surface area is 245 Å². The number of carbonyl (C=O) groups excluding carboxylic acids is 1. The third kappa shape index (κ3) is 14.2. The van der Waals surface area contributed by atoms with E-state index in [4.69, 9.17) is 0 Å². The first-order chi connectivity index (χ1) is 19.1. The van der Waals surface area contributed by atoms with Crippen molar-refractivity contribution in [2.75, 3.05) is 32.7 Å². The number of rotatable bonds is 25. The Morgan fingerprint density at radius 2 is 0.949 bits per heavy atom. The van der Waals surface area contributed by atoms with Crippen LogP contribution in [0, 0.1) is 23.7 Å². The van der Waals surface area contributed by atoms with Gasteiger partial charge in [0, 0.05) is 32.1 Å². The lowest BCUT2D eigenvalue weighted by molar-refractivity contribution is -0.135. The van der Waals surface area contributed by atoms with Gasteiger partial charge in [0.25, 0.3) is 0 Å². The summed E-state index contributed by atoms with van der Waals surface area (Å²) in [5.74, 6) is 3.22. The van der Waals surface area contributed by atoms with E-state index in [1.165, 1.54) is 148 Å². The molecule has 3 heteroatoms. The SMILES string of the molecule is CCCCCCCC(CCCCCC)CCCN1CC2CN(C(=O)C(CCCCC)CCCCCC)CC2C1. The molecule has 0 aromatic heterocycles. The normalized spacial score (nSPS) is 21.0. The van der Waals surface area contributed by atoms with Crippen LogP contribution in [0.4, 0.5) is 0 Å². The van der Waals surface area contributed by atoms with Gasteiger partial charge >= 0.3 is 0 Å². The summed E-state index contributed by atoms with van der Waals surface area (Å²) in [5.41, 5.74) is 0. The highest BCUT2D eigenvalue weighted by atomic mass is 16.2. The van der Waals surface area contributed by atoms with Crippen LogP contribution in [0.25, 0.3) is 0 Å². The quantitative estimate of drug-likeness (QED) is 0.106. The smallest absolute Gasteiger partial charge is 0.225 e. The van der Waals surface area contributed by atoms with Crippen molar-refractivity contribution in [3.05, 3.63) is 0 Å². The minimum absolute atomic E-state index is 0.291. The van der Waals surface area contributed by atoms with Crippen LogP contribution in [-0.2, 0) is 4.79 Å². The van der Waals surface area contributed by atoms with E-state index in [2.05, 4.69) is 37.5 Å². The van der Waals surface area contributed by atoms with Gasteiger partial charge in [-0.25, -0.2) is 0 Å². The molecule has 4 atom stereocenters. The van der Waals surface area contributed by atoms with Crippen LogP contribution in [0.1, 0.15) is 169 Å². The van der Waals surface area contributed by atoms with Crippen molar-refractivity contribution < 1.29 is 4.79 Å². The fourth-order valence-electron chi connectivity index (χ4n) is 7.49. The van der Waals surface area contributed by atoms with E-state index in [1.54, 1.807) is 0 Å². The van der Waals surface area contributed by atoms with Gasteiger partial charge in [-0.2, -0.15) is 0 Å². The van der Waals surface area contributed by atoms with E-state index in [9.17, 15) is 4.79 Å². The van der Waals surface area contributed by atoms with Crippen LogP contribution in [0.15, 0.2) is 0 Å². The van der Waals surface area contributed by atoms with Crippen LogP contribution < -0.4 is 0 Å². The predicted molar refractivity (Wildman–Crippen MR) is 171 cm³/mol. The molecular formula is C36H70N2O. The van der Waals surface area contributed by atoms with Crippen molar-refractivity contribution in [2.24, 2.45) is 23.7 Å². The van der Waals surface area contributed by atoms with E-state index < -0.39 is 0 Å². The molecule has 3 nitrogen and oxygen atoms in total. The van der Waals surface area contributed by atoms with Crippen LogP contribution in [-0.4, -0.2) is 48.4 Å². The minimum atomic E-state index is 0.291. The van der Waals surface area contributed by atoms with Gasteiger partial charge in [-0.15, -0.1) is 0 Å². The van der Waals surface area contributed by atoms with Crippen LogP contribution >= 0.6 is 0 Å². The molecule has 2 heterocycles. The zero-order valence-corrected chi connectivity index (χ0v) is 27.2. The lowest BCUT2D eigenvalue weighted by Crippen LogP contribution is -2.37. The minimum Gasteiger partial charge on any atom is -0.342 e. The molecule has 0 N–H and O–H groups in total. The average Bonchev–Trinajstić information content (AvgIpc) is 3.51. The summed E-state index contributed by atoms with van der Waals surface area (Å²) in [4.78, 5) is 18.6. The van der Waals surface area contributed by atoms with Gasteiger partial charge in [-0.3, -0.25) is 4.79 Å². The highest BCUT2D eigenvalue weighted by Gasteiger charge is 2.42. The second-order valence-electron chi connectivity index (χ2n) is 13.6. The molecular weight excluding hydrogens is 476 g/mol. The second-order valence-corrected chi connectivity index (χ2v) is 13.6. The largest absolute Gasteiger partial charge is 0.342 e. The van der Waals surface area contributed by atoms with Crippen molar-refractivity contribution in [3.63, 3.8) is 0 Å². The van der Waals surface area contributed by atoms with Crippen molar-refractivity contribution in [3.8, 4) is 0 Å². The van der Waals surface area contributed by atoms with Gasteiger partial charge in [0.05, 0.1) is 0 Å². The Morgan fingerprint density at radius 1 is 0.538 bits per heavy atom. The molecule has 0 saturated carbocycles. The lowest BCUT2D eigenvalue weighted by atomic mass is 9.90. The Hall–Kier alpha value is -0.570. The number of hydrogen-bond donors (Lipinski definition) is 0. The summed E-state index contributed by atoms with van der Waals surface area (Å²) in [6.07, 6.45) is 29.6. The number of unbranched alkanes of at least 4 members (excludes halogenated alkanes) is 12. The monoisotopic (exact) mass is 547 g/mol. The van der Waals surface area contributed by atoms with Gasteiger partial charge in [0.15, 0.2) is 0 Å². The molecule has 0 spiro atoms. The maximum absolute atomic E-state index is 13.5. The number of amides is 1. The van der Waals surface area contributed by atoms with Gasteiger partial charge in [0.1, 0.15) is 0 Å². The fourth-order valence-corrected chi connectivity index (χ4v) is 7.49. The first-order valence-electron chi connectivity index (χ1n) is 18.1. The van der Waals surface area contributed by atoms with Crippen molar-refractivity contribution in [1.82, 2.24) is 9.80 Å². The summed E-state index contributed by atoms with van der Waals surface area (Å²) < 4.78 is 0. The zero-order valence-electron chi connectivity index (χ0n) is 27.2. The Bertz CT molecular complexity index is 579. The Kier molecular flexibility index (Phi) is 19.6. The summed E-state index contributed by atoms with van der Waals surface area (Å²) in [5, 5.41) is 0. The lowest BCUT2D eigenvalue weighted by Gasteiger charge is -2.26. The van der Waals surface area contributed by atoms with Gasteiger partial charge in [-0.05, 0) is 50.0 Å². The number of likely N-dealkylation sites (tertiary alicyclic amines) is 2. The molecule has 230 valence electrons. The van der Waals surface area contributed by atoms with Crippen LogP contribution in [0.2, 0.25) is 0 Å². The molecule has 2 fully saturated rings. The summed E-state index contributed by atoms with van der Waals surface area (Å²) >= 11 is 0. The molecule has 1 amide bonds. The van der Waals surface area contributed by atoms with Crippen molar-refractivity contribution in [2.45, 2.75) is 169 Å². The molecule has 39 heavy (non-hydrogen) atoms. The molecule has 0 radical (unpaired) electrons. The zero-order chi connectivity index (χ0) is 28.1. The maximum atomic E-state index is 13.5. The van der Waals surface area contributed by atoms with Gasteiger partial charge in [-0.1, -0.05) is 143 Å². The third-order valence-corrected chi connectivity index (χ3v) is 10.1. The first kappa shape index (κ1) is 34.6. The summed E-state index contributed by atoms with van der Waals surface area (Å²) in [6, 6.07) is 0. The Morgan fingerprint density at radius 3 is 1.49 bits per heavy atom. The topological polar surface area (TPSA) is 23.6 Å². The first-order valence-corrected chi connectivity index (χ1v) is 18.1. The highest BCUT2D eigenvalue weighted by Crippen LogP contribution is 2.34. The molecule has 2 aliphatic rings. The van der Waals surface area contributed by atoms with Crippen molar-refractivity contribution in [1.29, 1.82) is 0 Å². The number of nitrogens with zero attached hydrogens (tertiary/aromatic N) is 2. The van der Waals surface area contributed by atoms with E-state index >= 15 is 0 Å². The molecule has 4 unspecified atom stereocenters. The second kappa shape index (κ2) is 22.1. The molecule has 2 rings (SSSR count). The number of carbonyl (C=O) groups is 1. The highest BCUT2D eigenvalue weighted by molar-refractivity contribution is 5.79. The Balaban J connectivity index is 1.72. The van der Waals surface area contributed by atoms with E-state index in [1.807, 2.05) is 0 Å². The third-order valence-electron chi connectivity index (χ3n) is 10.1. The van der Waals surface area contributed by atoms with Crippen LogP contribution in [0.3, 0.4) is 0 Å². The van der Waals surface area contributed by atoms with Crippen LogP contribution in [0.5, 0.6) is 0 Å².